The molecule has 2 atom stereocenters. The Kier molecular flexibility index (Phi) is 8.59. The van der Waals surface area contributed by atoms with Crippen LogP contribution in [-0.4, -0.2) is 59.0 Å². The zero-order valence-electron chi connectivity index (χ0n) is 11.4. The number of carbonyl (C=O) groups excluding carboxylic acids is 3. The van der Waals surface area contributed by atoms with Crippen molar-refractivity contribution in [3.63, 3.8) is 0 Å². The fraction of sp³-hybridized carbons (Fsp3) is 0.583. The summed E-state index contributed by atoms with van der Waals surface area (Å²) in [4.78, 5) is 62.9. The maximum Gasteiger partial charge on any atom is 0.332 e. The molecule has 0 saturated heterocycles. The molecule has 0 rings (SSSR count). The van der Waals surface area contributed by atoms with Gasteiger partial charge in [0.25, 0.3) is 0 Å². The minimum atomic E-state index is -2.13. The molecule has 0 bridgehead atoms. The van der Waals surface area contributed by atoms with Crippen molar-refractivity contribution in [2.45, 2.75) is 24.8 Å². The quantitative estimate of drug-likeness (QED) is 0.390. The predicted octanol–water partition coefficient (Wildman–Crippen LogP) is -0.312. The van der Waals surface area contributed by atoms with E-state index in [4.69, 9.17) is 5.11 Å². The third kappa shape index (κ3) is 5.60. The van der Waals surface area contributed by atoms with Gasteiger partial charge in [0.2, 0.25) is 18.2 Å². The number of aliphatic carboxylic acids is 2. The van der Waals surface area contributed by atoms with Gasteiger partial charge in [-0.15, -0.1) is 0 Å². The van der Waals surface area contributed by atoms with Gasteiger partial charge in [0.1, 0.15) is 0 Å². The summed E-state index contributed by atoms with van der Waals surface area (Å²) in [7, 11) is 0. The number of hydrogen-bond acceptors (Lipinski definition) is 8. The van der Waals surface area contributed by atoms with Crippen LogP contribution in [0, 0.1) is 5.92 Å². The standard InChI is InChI=1S/C12H13N3O7/c16-6-13-3-1-9(5-10(19)20)12(11(21)22,15-8-18)2-4-14-7-17/h9H,1-5H2,(H,19,20)(H,21,22). The Hall–Kier alpha value is -2.92. The van der Waals surface area contributed by atoms with Gasteiger partial charge >= 0.3 is 11.9 Å². The van der Waals surface area contributed by atoms with Crippen LogP contribution in [0.15, 0.2) is 15.0 Å². The Bertz CT molecular complexity index is 553. The van der Waals surface area contributed by atoms with Gasteiger partial charge in [-0.3, -0.25) is 4.79 Å². The highest BCUT2D eigenvalue weighted by Crippen LogP contribution is 2.32. The van der Waals surface area contributed by atoms with E-state index in [1.165, 1.54) is 12.2 Å². The van der Waals surface area contributed by atoms with Crippen LogP contribution in [0.25, 0.3) is 0 Å². The summed E-state index contributed by atoms with van der Waals surface area (Å²) in [5, 5.41) is 18.3. The van der Waals surface area contributed by atoms with E-state index in [0.717, 1.165) is 6.08 Å². The molecular weight excluding hydrogens is 298 g/mol. The van der Waals surface area contributed by atoms with Gasteiger partial charge in [-0.1, -0.05) is 0 Å². The third-order valence-corrected chi connectivity index (χ3v) is 3.04. The van der Waals surface area contributed by atoms with E-state index >= 15 is 0 Å². The van der Waals surface area contributed by atoms with E-state index in [1.54, 1.807) is 0 Å². The number of aliphatic imine (C=N–C) groups is 3. The molecular formula is C12H13N3O7. The molecule has 0 aromatic carbocycles. The number of carboxylic acids is 2. The minimum Gasteiger partial charge on any atom is -0.481 e. The van der Waals surface area contributed by atoms with Gasteiger partial charge in [0.15, 0.2) is 5.54 Å². The first-order valence-electron chi connectivity index (χ1n) is 6.06. The predicted molar refractivity (Wildman–Crippen MR) is 69.4 cm³/mol. The van der Waals surface area contributed by atoms with Gasteiger partial charge in [0.05, 0.1) is 19.5 Å². The number of hydrogen-bond donors (Lipinski definition) is 2. The lowest BCUT2D eigenvalue weighted by Gasteiger charge is -2.30. The lowest BCUT2D eigenvalue weighted by Crippen LogP contribution is -2.46. The van der Waals surface area contributed by atoms with Crippen molar-refractivity contribution in [1.82, 2.24) is 0 Å². The molecule has 0 amide bonds. The number of carboxylic acid groups (broad SMARTS) is 2. The molecule has 10 heteroatoms. The fourth-order valence-electron chi connectivity index (χ4n) is 2.02. The first-order chi connectivity index (χ1) is 10.4. The number of isocyanates is 3. The number of carbonyl (C=O) groups is 2. The normalized spacial score (nSPS) is 13.5. The second kappa shape index (κ2) is 9.90. The Morgan fingerprint density at radius 2 is 1.59 bits per heavy atom. The van der Waals surface area contributed by atoms with Crippen molar-refractivity contribution in [3.05, 3.63) is 0 Å². The SMILES string of the molecule is O=C=NCCC(CC(=O)O)C(CCN=C=O)(N=C=O)C(=O)O. The van der Waals surface area contributed by atoms with Crippen molar-refractivity contribution >= 4 is 30.2 Å². The molecule has 0 saturated carbocycles. The molecule has 0 heterocycles. The lowest BCUT2D eigenvalue weighted by atomic mass is 9.77. The van der Waals surface area contributed by atoms with Crippen LogP contribution < -0.4 is 0 Å². The zero-order chi connectivity index (χ0) is 17.0. The molecule has 0 aromatic rings. The van der Waals surface area contributed by atoms with Crippen LogP contribution in [0.1, 0.15) is 19.3 Å². The minimum absolute atomic E-state index is 0.135. The summed E-state index contributed by atoms with van der Waals surface area (Å²) in [6.45, 7) is -0.490. The first-order valence-corrected chi connectivity index (χ1v) is 6.06. The van der Waals surface area contributed by atoms with E-state index in [9.17, 15) is 29.1 Å². The van der Waals surface area contributed by atoms with Gasteiger partial charge in [0, 0.05) is 12.3 Å². The fourth-order valence-corrected chi connectivity index (χ4v) is 2.02. The number of nitrogens with zero attached hydrogens (tertiary/aromatic N) is 3. The second-order valence-electron chi connectivity index (χ2n) is 4.21. The molecule has 2 N–H and O–H groups in total. The Morgan fingerprint density at radius 3 is 2.05 bits per heavy atom. The van der Waals surface area contributed by atoms with Crippen LogP contribution in [-0.2, 0) is 24.0 Å². The smallest absolute Gasteiger partial charge is 0.332 e. The molecule has 0 aliphatic heterocycles. The summed E-state index contributed by atoms with van der Waals surface area (Å²) in [5.41, 5.74) is -2.13. The van der Waals surface area contributed by atoms with Crippen LogP contribution in [0.4, 0.5) is 0 Å². The monoisotopic (exact) mass is 311 g/mol. The summed E-state index contributed by atoms with van der Waals surface area (Å²) < 4.78 is 0. The zero-order valence-corrected chi connectivity index (χ0v) is 11.4. The van der Waals surface area contributed by atoms with Crippen molar-refractivity contribution < 1.29 is 34.2 Å². The van der Waals surface area contributed by atoms with Gasteiger partial charge in [-0.2, -0.15) is 4.99 Å². The summed E-state index contributed by atoms with van der Waals surface area (Å²) in [6.07, 6.45) is 2.41. The van der Waals surface area contributed by atoms with E-state index in [0.29, 0.717) is 0 Å². The van der Waals surface area contributed by atoms with Crippen LogP contribution >= 0.6 is 0 Å². The maximum atomic E-state index is 11.5. The topological polar surface area (TPSA) is 163 Å². The van der Waals surface area contributed by atoms with Gasteiger partial charge in [-0.05, 0) is 6.42 Å². The van der Waals surface area contributed by atoms with E-state index in [1.807, 2.05) is 0 Å². The van der Waals surface area contributed by atoms with Gasteiger partial charge in [-0.25, -0.2) is 29.2 Å². The molecule has 22 heavy (non-hydrogen) atoms. The highest BCUT2D eigenvalue weighted by Gasteiger charge is 2.46. The molecule has 0 radical (unpaired) electrons. The Balaban J connectivity index is 5.69. The number of rotatable bonds is 11. The largest absolute Gasteiger partial charge is 0.481 e. The van der Waals surface area contributed by atoms with Gasteiger partial charge < -0.3 is 10.2 Å². The van der Waals surface area contributed by atoms with E-state index < -0.39 is 36.2 Å². The molecule has 0 fully saturated rings. The van der Waals surface area contributed by atoms with E-state index in [2.05, 4.69) is 15.0 Å². The van der Waals surface area contributed by atoms with Crippen molar-refractivity contribution in [2.24, 2.45) is 20.9 Å². The van der Waals surface area contributed by atoms with Crippen molar-refractivity contribution in [3.8, 4) is 0 Å². The van der Waals surface area contributed by atoms with Crippen LogP contribution in [0.5, 0.6) is 0 Å². The molecule has 118 valence electrons. The van der Waals surface area contributed by atoms with Crippen LogP contribution in [0.3, 0.4) is 0 Å². The highest BCUT2D eigenvalue weighted by molar-refractivity contribution is 5.82. The molecule has 0 spiro atoms. The summed E-state index contributed by atoms with van der Waals surface area (Å²) in [5.74, 6) is -4.02. The molecule has 10 nitrogen and oxygen atoms in total. The first kappa shape index (κ1) is 19.1. The third-order valence-electron chi connectivity index (χ3n) is 3.04. The molecule has 0 aliphatic carbocycles. The average molecular weight is 311 g/mol. The molecule has 0 aromatic heterocycles. The average Bonchev–Trinajstić information content (AvgIpc) is 2.45. The Morgan fingerprint density at radius 1 is 1.00 bits per heavy atom. The maximum absolute atomic E-state index is 11.5. The van der Waals surface area contributed by atoms with Crippen molar-refractivity contribution in [2.75, 3.05) is 13.1 Å². The summed E-state index contributed by atoms with van der Waals surface area (Å²) >= 11 is 0. The van der Waals surface area contributed by atoms with E-state index in [-0.39, 0.29) is 19.5 Å². The highest BCUT2D eigenvalue weighted by atomic mass is 16.4. The summed E-state index contributed by atoms with van der Waals surface area (Å²) in [6, 6.07) is 0. The van der Waals surface area contributed by atoms with Crippen molar-refractivity contribution in [1.29, 1.82) is 0 Å². The lowest BCUT2D eigenvalue weighted by molar-refractivity contribution is -0.147. The Labute approximate surface area is 124 Å². The van der Waals surface area contributed by atoms with Crippen LogP contribution in [0.2, 0.25) is 0 Å². The molecule has 2 unspecified atom stereocenters. The molecule has 0 aliphatic rings. The second-order valence-corrected chi connectivity index (χ2v) is 4.21.